The summed E-state index contributed by atoms with van der Waals surface area (Å²) in [5, 5.41) is 13.0. The Kier molecular flexibility index (Phi) is 10.9. The second-order valence-corrected chi connectivity index (χ2v) is 14.4. The highest BCUT2D eigenvalue weighted by atomic mass is 79.9. The van der Waals surface area contributed by atoms with Crippen LogP contribution < -0.4 is 16.5 Å². The Bertz CT molecular complexity index is 1290. The zero-order valence-corrected chi connectivity index (χ0v) is 27.8. The van der Waals surface area contributed by atoms with E-state index in [2.05, 4.69) is 60.9 Å². The number of nitrogens with two attached hydrogens (primary N) is 1. The molecule has 3 aliphatic carbocycles. The fraction of sp³-hybridized carbons (Fsp3) is 0.645. The number of aliphatic imine (C=N–C) groups is 1. The number of allylic oxidation sites excluding steroid dienone is 1. The van der Waals surface area contributed by atoms with Crippen LogP contribution in [-0.2, 0) is 18.9 Å². The van der Waals surface area contributed by atoms with E-state index in [0.717, 1.165) is 22.9 Å². The molecule has 0 aromatic heterocycles. The van der Waals surface area contributed by atoms with Crippen molar-refractivity contribution in [1.82, 2.24) is 10.7 Å². The topological polar surface area (TPSA) is 158 Å². The lowest BCUT2D eigenvalue weighted by atomic mass is 9.43. The maximum atomic E-state index is 13.8. The number of rotatable bonds is 14. The minimum atomic E-state index is -0.784. The normalized spacial score (nSPS) is 27.0. The minimum absolute atomic E-state index is 0.00179. The van der Waals surface area contributed by atoms with E-state index in [1.165, 1.54) is 6.08 Å². The molecule has 4 aliphatic rings. The molecule has 0 radical (unpaired) electrons. The summed E-state index contributed by atoms with van der Waals surface area (Å²) in [6.07, 6.45) is 6.71. The first-order valence-electron chi connectivity index (χ1n) is 15.5. The average Bonchev–Trinajstić information content (AvgIpc) is 3.30. The molecule has 4 N–H and O–H groups in total. The second-order valence-electron chi connectivity index (χ2n) is 13.6. The van der Waals surface area contributed by atoms with Gasteiger partial charge in [-0.2, -0.15) is 0 Å². The molecule has 5 rings (SSSR count). The maximum absolute atomic E-state index is 13.8. The van der Waals surface area contributed by atoms with Crippen molar-refractivity contribution in [2.24, 2.45) is 39.8 Å². The van der Waals surface area contributed by atoms with Crippen molar-refractivity contribution in [2.45, 2.75) is 90.8 Å². The van der Waals surface area contributed by atoms with Crippen LogP contribution in [0.1, 0.15) is 78.7 Å². The van der Waals surface area contributed by atoms with Crippen LogP contribution in [0.15, 0.2) is 39.8 Å². The van der Waals surface area contributed by atoms with Crippen molar-refractivity contribution in [3.63, 3.8) is 0 Å². The summed E-state index contributed by atoms with van der Waals surface area (Å²) in [6, 6.07) is 7.56. The molecular formula is C31H45BBrN5O6. The number of nitro groups is 1. The maximum Gasteiger partial charge on any atom is 0.481 e. The molecule has 1 saturated heterocycles. The number of carbonyl (C=O) groups excluding carboxylic acids is 2. The van der Waals surface area contributed by atoms with Gasteiger partial charge in [-0.15, -0.1) is 0 Å². The molecule has 1 heterocycles. The molecule has 1 aliphatic heterocycles. The number of guanidine groups is 1. The van der Waals surface area contributed by atoms with E-state index in [9.17, 15) is 19.7 Å². The molecule has 3 saturated carbocycles. The Morgan fingerprint density at radius 2 is 2.00 bits per heavy atom. The van der Waals surface area contributed by atoms with Gasteiger partial charge in [0.2, 0.25) is 5.91 Å². The van der Waals surface area contributed by atoms with E-state index in [1.54, 1.807) is 6.08 Å². The number of hydrogen-bond donors (Lipinski definition) is 3. The van der Waals surface area contributed by atoms with Crippen LogP contribution >= 0.6 is 15.9 Å². The van der Waals surface area contributed by atoms with Crippen LogP contribution in [0.2, 0.25) is 0 Å². The van der Waals surface area contributed by atoms with E-state index < -0.39 is 23.7 Å². The van der Waals surface area contributed by atoms with Gasteiger partial charge in [-0.3, -0.25) is 9.59 Å². The van der Waals surface area contributed by atoms with Gasteiger partial charge >= 0.3 is 7.12 Å². The van der Waals surface area contributed by atoms with Gasteiger partial charge in [0.05, 0.1) is 17.6 Å². The van der Waals surface area contributed by atoms with Crippen molar-refractivity contribution in [3.05, 3.63) is 50.5 Å². The number of hydrazine groups is 1. The molecule has 0 unspecified atom stereocenters. The predicted molar refractivity (Wildman–Crippen MR) is 174 cm³/mol. The largest absolute Gasteiger partial charge is 0.481 e. The molecule has 2 bridgehead atoms. The van der Waals surface area contributed by atoms with E-state index in [4.69, 9.17) is 15.0 Å². The Morgan fingerprint density at radius 3 is 2.66 bits per heavy atom. The molecule has 1 amide bonds. The third-order valence-electron chi connectivity index (χ3n) is 9.72. The first-order chi connectivity index (χ1) is 20.7. The average molecular weight is 674 g/mol. The van der Waals surface area contributed by atoms with Crippen molar-refractivity contribution >= 4 is 46.8 Å². The van der Waals surface area contributed by atoms with Gasteiger partial charge in [0.15, 0.2) is 10.8 Å². The minimum Gasteiger partial charge on any atom is -0.404 e. The van der Waals surface area contributed by atoms with E-state index in [-0.39, 0.29) is 54.0 Å². The number of nitrogens with one attached hydrogen (secondary N) is 2. The molecule has 0 spiro atoms. The van der Waals surface area contributed by atoms with Gasteiger partial charge in [-0.1, -0.05) is 73.3 Å². The van der Waals surface area contributed by atoms with Gasteiger partial charge in [0.1, 0.15) is 0 Å². The van der Waals surface area contributed by atoms with Gasteiger partial charge < -0.3 is 20.4 Å². The van der Waals surface area contributed by atoms with Crippen LogP contribution in [0, 0.1) is 39.2 Å². The molecule has 1 aromatic rings. The van der Waals surface area contributed by atoms with Crippen LogP contribution in [0.25, 0.3) is 6.08 Å². The number of halogens is 1. The molecule has 1 aromatic carbocycles. The summed E-state index contributed by atoms with van der Waals surface area (Å²) in [5.74, 6) is -0.492. The van der Waals surface area contributed by atoms with E-state index in [1.807, 2.05) is 29.7 Å². The SMILES string of the molecule is CC(C)C[C@H](NC(=O)[C@H](CCCN=C(N)N[N+](=O)[O-])CC(=O)/C=C/c1ccccc1Br)B1O[C@@H]2C[C@@H]3C[C@@H](C3(C)C)[C@]2(C)O1. The summed E-state index contributed by atoms with van der Waals surface area (Å²) >= 11 is 3.49. The van der Waals surface area contributed by atoms with Gasteiger partial charge in [0, 0.05) is 23.4 Å². The number of nitrogens with zero attached hydrogens (tertiary/aromatic N) is 2. The Labute approximate surface area is 268 Å². The Hall–Kier alpha value is -2.77. The standard InChI is InChI=1S/C31H45BBrN5O6/c1-19(2)15-27(32-43-26-18-22-17-25(30(22,3)4)31(26,5)44-32)36-28(40)21(10-8-14-35-29(34)37-38(41)42)16-23(39)13-12-20-9-6-7-11-24(20)33/h6-7,9,11-13,19,21-22,25-27H,8,10,14-18H2,1-5H3,(H,36,40)(H3,34,35,37)/b13-12+/t21-,22+,25+,26-,27+,31+/m1/s1. The quantitative estimate of drug-likeness (QED) is 0.0487. The first-order valence-corrected chi connectivity index (χ1v) is 16.3. The summed E-state index contributed by atoms with van der Waals surface area (Å²) in [7, 11) is -0.573. The zero-order chi connectivity index (χ0) is 32.2. The monoisotopic (exact) mass is 673 g/mol. The molecule has 44 heavy (non-hydrogen) atoms. The smallest absolute Gasteiger partial charge is 0.404 e. The number of amides is 1. The summed E-state index contributed by atoms with van der Waals surface area (Å²) in [4.78, 5) is 41.5. The number of hydrogen-bond acceptors (Lipinski definition) is 7. The molecular weight excluding hydrogens is 629 g/mol. The van der Waals surface area contributed by atoms with Crippen LogP contribution in [0.5, 0.6) is 0 Å². The Morgan fingerprint density at radius 1 is 1.27 bits per heavy atom. The number of benzene rings is 1. The molecule has 11 nitrogen and oxygen atoms in total. The first kappa shape index (κ1) is 34.1. The third kappa shape index (κ3) is 7.90. The molecule has 6 atom stereocenters. The van der Waals surface area contributed by atoms with Gasteiger partial charge in [0.25, 0.3) is 5.96 Å². The van der Waals surface area contributed by atoms with E-state index in [0.29, 0.717) is 31.1 Å². The fourth-order valence-corrected chi connectivity index (χ4v) is 7.63. The molecule has 13 heteroatoms. The van der Waals surface area contributed by atoms with Crippen LogP contribution in [0.4, 0.5) is 0 Å². The molecule has 240 valence electrons. The fourth-order valence-electron chi connectivity index (χ4n) is 7.21. The Balaban J connectivity index is 1.46. The van der Waals surface area contributed by atoms with Crippen molar-refractivity contribution in [2.75, 3.05) is 6.54 Å². The summed E-state index contributed by atoms with van der Waals surface area (Å²) < 4.78 is 14.1. The molecule has 4 fully saturated rings. The third-order valence-corrected chi connectivity index (χ3v) is 10.4. The highest BCUT2D eigenvalue weighted by Gasteiger charge is 2.68. The number of ketones is 1. The van der Waals surface area contributed by atoms with Gasteiger partial charge in [-0.25, -0.2) is 15.1 Å². The van der Waals surface area contributed by atoms with Crippen molar-refractivity contribution in [1.29, 1.82) is 0 Å². The number of carbonyl (C=O) groups is 2. The van der Waals surface area contributed by atoms with E-state index >= 15 is 0 Å². The van der Waals surface area contributed by atoms with Gasteiger partial charge in [-0.05, 0) is 79.9 Å². The summed E-state index contributed by atoms with van der Waals surface area (Å²) in [6.45, 7) is 11.1. The summed E-state index contributed by atoms with van der Waals surface area (Å²) in [5.41, 5.74) is 8.00. The zero-order valence-electron chi connectivity index (χ0n) is 26.3. The predicted octanol–water partition coefficient (Wildman–Crippen LogP) is 4.71. The lowest BCUT2D eigenvalue weighted by Gasteiger charge is -2.64. The van der Waals surface area contributed by atoms with Crippen LogP contribution in [0.3, 0.4) is 0 Å². The van der Waals surface area contributed by atoms with Crippen molar-refractivity contribution < 1.29 is 23.9 Å². The highest BCUT2D eigenvalue weighted by Crippen LogP contribution is 2.65. The van der Waals surface area contributed by atoms with Crippen molar-refractivity contribution in [3.8, 4) is 0 Å². The van der Waals surface area contributed by atoms with Crippen LogP contribution in [-0.4, -0.2) is 54.0 Å². The lowest BCUT2D eigenvalue weighted by Crippen LogP contribution is -2.65. The highest BCUT2D eigenvalue weighted by molar-refractivity contribution is 9.10. The second kappa shape index (κ2) is 14.1. The lowest BCUT2D eigenvalue weighted by molar-refractivity contribution is -0.525.